The Bertz CT molecular complexity index is 572. The molecule has 0 bridgehead atoms. The number of halogens is 3. The summed E-state index contributed by atoms with van der Waals surface area (Å²) in [5, 5.41) is 9.56. The number of hydrogen-bond acceptors (Lipinski definition) is 1. The smallest absolute Gasteiger partial charge is 0.127 e. The summed E-state index contributed by atoms with van der Waals surface area (Å²) in [5.74, 6) is -0.369. The SMILES string of the molecule is OCC(Cc1ccc(Br)cc1F)c1ccccc1Br. The minimum Gasteiger partial charge on any atom is -0.396 e. The van der Waals surface area contributed by atoms with E-state index < -0.39 is 0 Å². The molecule has 0 heterocycles. The highest BCUT2D eigenvalue weighted by Gasteiger charge is 2.16. The van der Waals surface area contributed by atoms with Gasteiger partial charge in [-0.15, -0.1) is 0 Å². The van der Waals surface area contributed by atoms with Gasteiger partial charge >= 0.3 is 0 Å². The van der Waals surface area contributed by atoms with E-state index in [0.717, 1.165) is 14.5 Å². The van der Waals surface area contributed by atoms with Crippen LogP contribution in [-0.4, -0.2) is 11.7 Å². The topological polar surface area (TPSA) is 20.2 Å². The van der Waals surface area contributed by atoms with Crippen molar-refractivity contribution < 1.29 is 9.50 Å². The van der Waals surface area contributed by atoms with Gasteiger partial charge in [0.2, 0.25) is 0 Å². The van der Waals surface area contributed by atoms with E-state index >= 15 is 0 Å². The summed E-state index contributed by atoms with van der Waals surface area (Å²) in [6.45, 7) is -0.0158. The zero-order valence-corrected chi connectivity index (χ0v) is 13.3. The molecule has 0 aliphatic rings. The van der Waals surface area contributed by atoms with Crippen molar-refractivity contribution in [3.8, 4) is 0 Å². The molecule has 2 rings (SSSR count). The Morgan fingerprint density at radius 1 is 1.11 bits per heavy atom. The third kappa shape index (κ3) is 3.65. The maximum Gasteiger partial charge on any atom is 0.127 e. The van der Waals surface area contributed by atoms with E-state index in [4.69, 9.17) is 0 Å². The predicted molar refractivity (Wildman–Crippen MR) is 81.8 cm³/mol. The molecule has 0 aromatic heterocycles. The van der Waals surface area contributed by atoms with Crippen LogP contribution in [0.5, 0.6) is 0 Å². The molecule has 0 aliphatic carbocycles. The molecule has 1 nitrogen and oxygen atoms in total. The van der Waals surface area contributed by atoms with Gasteiger partial charge in [0.05, 0.1) is 6.61 Å². The zero-order chi connectivity index (χ0) is 13.8. The van der Waals surface area contributed by atoms with E-state index in [-0.39, 0.29) is 18.3 Å². The Labute approximate surface area is 128 Å². The molecule has 19 heavy (non-hydrogen) atoms. The van der Waals surface area contributed by atoms with E-state index in [1.807, 2.05) is 30.3 Å². The number of aliphatic hydroxyl groups is 1. The lowest BCUT2D eigenvalue weighted by Gasteiger charge is -2.17. The monoisotopic (exact) mass is 386 g/mol. The molecule has 1 unspecified atom stereocenters. The Kier molecular flexibility index (Phi) is 5.13. The van der Waals surface area contributed by atoms with Crippen molar-refractivity contribution >= 4 is 31.9 Å². The first kappa shape index (κ1) is 14.7. The van der Waals surface area contributed by atoms with Crippen molar-refractivity contribution in [2.75, 3.05) is 6.61 Å². The maximum atomic E-state index is 13.8. The molecule has 4 heteroatoms. The molecule has 2 aromatic rings. The molecule has 0 saturated heterocycles. The van der Waals surface area contributed by atoms with E-state index in [0.29, 0.717) is 12.0 Å². The van der Waals surface area contributed by atoms with Crippen LogP contribution in [0.2, 0.25) is 0 Å². The fraction of sp³-hybridized carbons (Fsp3) is 0.200. The first-order valence-corrected chi connectivity index (χ1v) is 7.49. The fourth-order valence-electron chi connectivity index (χ4n) is 2.03. The summed E-state index contributed by atoms with van der Waals surface area (Å²) in [6, 6.07) is 12.7. The average Bonchev–Trinajstić information content (AvgIpc) is 2.39. The highest BCUT2D eigenvalue weighted by molar-refractivity contribution is 9.10. The van der Waals surface area contributed by atoms with E-state index in [1.54, 1.807) is 6.07 Å². The van der Waals surface area contributed by atoms with Crippen molar-refractivity contribution in [3.05, 3.63) is 68.4 Å². The number of rotatable bonds is 4. The van der Waals surface area contributed by atoms with Crippen molar-refractivity contribution in [3.63, 3.8) is 0 Å². The van der Waals surface area contributed by atoms with Crippen LogP contribution < -0.4 is 0 Å². The molecule has 0 aliphatic heterocycles. The molecule has 1 N–H and O–H groups in total. The van der Waals surface area contributed by atoms with Crippen LogP contribution in [-0.2, 0) is 6.42 Å². The first-order chi connectivity index (χ1) is 9.11. The van der Waals surface area contributed by atoms with Gasteiger partial charge < -0.3 is 5.11 Å². The lowest BCUT2D eigenvalue weighted by atomic mass is 9.92. The molecule has 0 spiro atoms. The van der Waals surface area contributed by atoms with Crippen molar-refractivity contribution in [2.45, 2.75) is 12.3 Å². The van der Waals surface area contributed by atoms with Gasteiger partial charge in [-0.25, -0.2) is 4.39 Å². The van der Waals surface area contributed by atoms with Gasteiger partial charge in [-0.3, -0.25) is 0 Å². The standard InChI is InChI=1S/C15H13Br2FO/c16-12-6-5-10(15(18)8-12)7-11(9-19)13-3-1-2-4-14(13)17/h1-6,8,11,19H,7,9H2. The van der Waals surface area contributed by atoms with E-state index in [1.165, 1.54) is 6.07 Å². The average molecular weight is 388 g/mol. The number of aliphatic hydroxyl groups excluding tert-OH is 1. The van der Waals surface area contributed by atoms with Gasteiger partial charge in [0.15, 0.2) is 0 Å². The first-order valence-electron chi connectivity index (χ1n) is 5.91. The van der Waals surface area contributed by atoms with Crippen LogP contribution in [0, 0.1) is 5.82 Å². The summed E-state index contributed by atoms with van der Waals surface area (Å²) >= 11 is 6.71. The van der Waals surface area contributed by atoms with Crippen molar-refractivity contribution in [2.24, 2.45) is 0 Å². The molecule has 1 atom stereocenters. The minimum absolute atomic E-state index is 0.0158. The number of benzene rings is 2. The second-order valence-corrected chi connectivity index (χ2v) is 6.11. The molecule has 2 aromatic carbocycles. The van der Waals surface area contributed by atoms with Crippen LogP contribution in [0.1, 0.15) is 17.0 Å². The Balaban J connectivity index is 2.27. The van der Waals surface area contributed by atoms with Gasteiger partial charge in [0, 0.05) is 14.9 Å². The molecule has 0 fully saturated rings. The highest BCUT2D eigenvalue weighted by atomic mass is 79.9. The molecule has 0 amide bonds. The quantitative estimate of drug-likeness (QED) is 0.808. The normalized spacial score (nSPS) is 12.4. The van der Waals surface area contributed by atoms with Gasteiger partial charge in [-0.1, -0.05) is 56.1 Å². The van der Waals surface area contributed by atoms with Gasteiger partial charge in [-0.2, -0.15) is 0 Å². The maximum absolute atomic E-state index is 13.8. The zero-order valence-electron chi connectivity index (χ0n) is 10.1. The van der Waals surface area contributed by atoms with Crippen molar-refractivity contribution in [1.82, 2.24) is 0 Å². The van der Waals surface area contributed by atoms with Gasteiger partial charge in [0.1, 0.15) is 5.82 Å². The van der Waals surface area contributed by atoms with Crippen molar-refractivity contribution in [1.29, 1.82) is 0 Å². The Morgan fingerprint density at radius 2 is 1.84 bits per heavy atom. The lowest BCUT2D eigenvalue weighted by Crippen LogP contribution is -2.09. The summed E-state index contributed by atoms with van der Waals surface area (Å²) in [4.78, 5) is 0. The third-order valence-electron chi connectivity index (χ3n) is 3.05. The third-order valence-corrected chi connectivity index (χ3v) is 4.26. The molecule has 0 saturated carbocycles. The second-order valence-electron chi connectivity index (χ2n) is 4.34. The van der Waals surface area contributed by atoms with Gasteiger partial charge in [0.25, 0.3) is 0 Å². The van der Waals surface area contributed by atoms with Crippen LogP contribution in [0.4, 0.5) is 4.39 Å². The predicted octanol–water partition coefficient (Wildman–Crippen LogP) is 4.67. The van der Waals surface area contributed by atoms with Crippen LogP contribution >= 0.6 is 31.9 Å². The van der Waals surface area contributed by atoms with Crippen LogP contribution in [0.3, 0.4) is 0 Å². The number of hydrogen-bond donors (Lipinski definition) is 1. The lowest BCUT2D eigenvalue weighted by molar-refractivity contribution is 0.263. The summed E-state index contributed by atoms with van der Waals surface area (Å²) < 4.78 is 15.5. The van der Waals surface area contributed by atoms with Gasteiger partial charge in [-0.05, 0) is 35.7 Å². The highest BCUT2D eigenvalue weighted by Crippen LogP contribution is 2.28. The minimum atomic E-state index is -0.250. The van der Waals surface area contributed by atoms with Crippen LogP contribution in [0.25, 0.3) is 0 Å². The Hall–Kier alpha value is -0.710. The fourth-order valence-corrected chi connectivity index (χ4v) is 2.97. The largest absolute Gasteiger partial charge is 0.396 e. The molecule has 0 radical (unpaired) electrons. The summed E-state index contributed by atoms with van der Waals surface area (Å²) in [6.07, 6.45) is 0.470. The summed E-state index contributed by atoms with van der Waals surface area (Å²) in [5.41, 5.74) is 1.60. The van der Waals surface area contributed by atoms with E-state index in [9.17, 15) is 9.50 Å². The van der Waals surface area contributed by atoms with Crippen LogP contribution in [0.15, 0.2) is 51.4 Å². The van der Waals surface area contributed by atoms with E-state index in [2.05, 4.69) is 31.9 Å². The molecular weight excluding hydrogens is 375 g/mol. The molecular formula is C15H13Br2FO. The molecule has 100 valence electrons. The Morgan fingerprint density at radius 3 is 2.47 bits per heavy atom. The summed E-state index contributed by atoms with van der Waals surface area (Å²) in [7, 11) is 0. The second kappa shape index (κ2) is 6.64.